The molecule has 0 aliphatic heterocycles. The van der Waals surface area contributed by atoms with Gasteiger partial charge in [-0.1, -0.05) is 0 Å². The van der Waals surface area contributed by atoms with Crippen LogP contribution in [0.4, 0.5) is 4.56 Å². The van der Waals surface area contributed by atoms with Gasteiger partial charge in [0, 0.05) is 12.8 Å². The number of anilines is 1. The molecule has 0 atom stereocenters. The van der Waals surface area contributed by atoms with Crippen molar-refractivity contribution >= 4 is 97.5 Å². The summed E-state index contributed by atoms with van der Waals surface area (Å²) < 4.78 is 11.6. The molecule has 0 saturated heterocycles. The number of hydrogen-bond donors (Lipinski definition) is 1. The second-order valence-corrected chi connectivity index (χ2v) is 8.59. The number of ketones is 1. The summed E-state index contributed by atoms with van der Waals surface area (Å²) in [5.41, 5.74) is 7.75. The molecule has 1 fully saturated rings. The molecule has 2 aliphatic rings. The topological polar surface area (TPSA) is 119 Å². The third-order valence-corrected chi connectivity index (χ3v) is 6.47. The first-order valence-electron chi connectivity index (χ1n) is 10.6. The monoisotopic (exact) mass is 584 g/mol. The van der Waals surface area contributed by atoms with E-state index in [-0.39, 0.29) is 44.0 Å². The first-order chi connectivity index (χ1) is 14.4. The Labute approximate surface area is 229 Å². The van der Waals surface area contributed by atoms with E-state index in [0.717, 1.165) is 43.1 Å². The average Bonchev–Trinajstić information content (AvgIpc) is 3.43. The van der Waals surface area contributed by atoms with E-state index in [2.05, 4.69) is 4.74 Å². The Balaban J connectivity index is 0. The number of nitrogen functional groups attached to an aromatic ring is 1. The van der Waals surface area contributed by atoms with Crippen molar-refractivity contribution in [3.8, 4) is 6.07 Å². The number of ether oxygens (including phenoxy) is 2. The summed E-state index contributed by atoms with van der Waals surface area (Å²) in [5, 5.41) is 7.91. The van der Waals surface area contributed by atoms with Crippen LogP contribution in [0.1, 0.15) is 72.7 Å². The van der Waals surface area contributed by atoms with Crippen LogP contribution in [0.5, 0.6) is 0 Å². The zero-order valence-electron chi connectivity index (χ0n) is 19.0. The molecule has 0 spiro atoms. The van der Waals surface area contributed by atoms with Crippen molar-refractivity contribution in [3.05, 3.63) is 15.6 Å². The first kappa shape index (κ1) is 33.6. The molecule has 1 aromatic heterocycles. The van der Waals surface area contributed by atoms with Gasteiger partial charge in [-0.3, -0.25) is 9.59 Å². The molecule has 3 rings (SSSR count). The van der Waals surface area contributed by atoms with Crippen molar-refractivity contribution in [2.75, 3.05) is 18.9 Å². The van der Waals surface area contributed by atoms with Crippen molar-refractivity contribution in [3.63, 3.8) is 0 Å². The Hall–Kier alpha value is 0.419. The van der Waals surface area contributed by atoms with Gasteiger partial charge < -0.3 is 4.74 Å². The van der Waals surface area contributed by atoms with Crippen molar-refractivity contribution in [2.45, 2.75) is 65.2 Å². The number of nitrogens with two attached hydrogens (primary N) is 1. The Morgan fingerprint density at radius 3 is 2.10 bits per heavy atom. The molecule has 31 heavy (non-hydrogen) atoms. The van der Waals surface area contributed by atoms with E-state index in [9.17, 15) is 14.4 Å². The number of carbonyl (C=O) groups is 3. The van der Waals surface area contributed by atoms with Crippen LogP contribution in [-0.2, 0) is 31.9 Å². The van der Waals surface area contributed by atoms with E-state index >= 15 is 0 Å². The van der Waals surface area contributed by atoms with E-state index in [0.29, 0.717) is 24.6 Å². The number of hydrogen-bond acceptors (Lipinski definition) is 7. The van der Waals surface area contributed by atoms with Gasteiger partial charge >= 0.3 is 155 Å². The van der Waals surface area contributed by atoms with Crippen LogP contribution in [-0.4, -0.2) is 106 Å². The maximum atomic E-state index is 11.6. The van der Waals surface area contributed by atoms with Gasteiger partial charge in [-0.15, -0.1) is 0 Å². The van der Waals surface area contributed by atoms with Crippen LogP contribution < -0.4 is 5.73 Å². The van der Waals surface area contributed by atoms with E-state index in [4.69, 9.17) is 15.7 Å². The summed E-state index contributed by atoms with van der Waals surface area (Å²) in [5.74, 6) is -0.219. The molecule has 11 heteroatoms. The SMILES string of the molecule is CCOC(=O)CC#N.CCOC(=O)c1c(N)[se]c2c1CCC2.O=C1CCCC1.[Na][Na].[SeH2]. The van der Waals surface area contributed by atoms with Gasteiger partial charge in [0.25, 0.3) is 0 Å². The molecule has 1 heterocycles. The Morgan fingerprint density at radius 2 is 1.65 bits per heavy atom. The summed E-state index contributed by atoms with van der Waals surface area (Å²) in [6.45, 7) is 4.29. The van der Waals surface area contributed by atoms with Gasteiger partial charge in [0.2, 0.25) is 0 Å². The zero-order chi connectivity index (χ0) is 22.9. The summed E-state index contributed by atoms with van der Waals surface area (Å²) in [7, 11) is 0. The molecule has 164 valence electrons. The predicted molar refractivity (Wildman–Crippen MR) is 126 cm³/mol. The van der Waals surface area contributed by atoms with Gasteiger partial charge in [0.15, 0.2) is 0 Å². The van der Waals surface area contributed by atoms with Crippen molar-refractivity contribution in [1.82, 2.24) is 0 Å². The number of Topliss-reactive ketones (excluding diaryl/α,β-unsaturated/α-hetero) is 1. The summed E-state index contributed by atoms with van der Waals surface area (Å²) in [6.07, 6.45) is 7.12. The number of rotatable bonds is 4. The van der Waals surface area contributed by atoms with E-state index in [1.165, 1.54) is 60.0 Å². The maximum absolute atomic E-state index is 11.6. The minimum atomic E-state index is -0.449. The van der Waals surface area contributed by atoms with E-state index < -0.39 is 5.97 Å². The van der Waals surface area contributed by atoms with E-state index in [1.807, 2.05) is 6.92 Å². The molecular formula is C20H30N2Na2O5Se2. The molecule has 7 nitrogen and oxygen atoms in total. The number of fused-ring (bicyclic) bond motifs is 1. The number of esters is 2. The van der Waals surface area contributed by atoms with Gasteiger partial charge in [-0.25, -0.2) is 0 Å². The fourth-order valence-electron chi connectivity index (χ4n) is 2.90. The van der Waals surface area contributed by atoms with Gasteiger partial charge in [0.05, 0.1) is 12.7 Å². The molecule has 0 unspecified atom stereocenters. The van der Waals surface area contributed by atoms with Gasteiger partial charge in [-0.2, -0.15) is 5.26 Å². The Kier molecular flexibility index (Phi) is 22.7. The van der Waals surface area contributed by atoms with Gasteiger partial charge in [-0.05, 0) is 19.8 Å². The minimum absolute atomic E-state index is 0. The molecule has 0 bridgehead atoms. The molecule has 1 saturated carbocycles. The van der Waals surface area contributed by atoms with E-state index in [1.54, 1.807) is 13.0 Å². The summed E-state index contributed by atoms with van der Waals surface area (Å²) >= 11 is 3.11. The number of nitriles is 1. The fraction of sp³-hybridized carbons (Fsp3) is 0.600. The second kappa shape index (κ2) is 21.0. The van der Waals surface area contributed by atoms with Crippen LogP contribution in [0, 0.1) is 11.3 Å². The van der Waals surface area contributed by atoms with Gasteiger partial charge in [0.1, 0.15) is 12.2 Å². The number of carbonyl (C=O) groups excluding carboxylic acids is 3. The normalized spacial score (nSPS) is 12.9. The molecule has 1 aromatic rings. The van der Waals surface area contributed by atoms with Crippen LogP contribution in [0.25, 0.3) is 0 Å². The molecular weight excluding hydrogens is 552 g/mol. The third kappa shape index (κ3) is 13.7. The number of aryl methyl sites for hydroxylation is 1. The molecule has 0 radical (unpaired) electrons. The van der Waals surface area contributed by atoms with Crippen LogP contribution in [0.15, 0.2) is 0 Å². The first-order valence-corrected chi connectivity index (χ1v) is 20.3. The Morgan fingerprint density at radius 1 is 1.06 bits per heavy atom. The zero-order valence-corrected chi connectivity index (χ0v) is 26.9. The van der Waals surface area contributed by atoms with Crippen LogP contribution in [0.2, 0.25) is 0 Å². The van der Waals surface area contributed by atoms with Crippen LogP contribution >= 0.6 is 0 Å². The quantitative estimate of drug-likeness (QED) is 0.414. The fourth-order valence-corrected chi connectivity index (χ4v) is 5.31. The average molecular weight is 582 g/mol. The van der Waals surface area contributed by atoms with Crippen molar-refractivity contribution in [2.24, 2.45) is 0 Å². The second-order valence-electron chi connectivity index (χ2n) is 6.20. The standard InChI is InChI=1S/C10H13NO2Se.C5H7NO2.C5H8O.2Na.H2Se/c1-2-13-10(12)8-6-4-3-5-7(6)14-9(8)11;1-2-8-5(7)3-4-6;6-5-3-1-2-4-5;;;/h2-5,11H2,1H3;2-3H2,1H3;1-4H2;;;1H2. The van der Waals surface area contributed by atoms with Crippen LogP contribution in [0.3, 0.4) is 0 Å². The predicted octanol–water partition coefficient (Wildman–Crippen LogP) is 0.906. The molecule has 2 N–H and O–H groups in total. The van der Waals surface area contributed by atoms with Crippen molar-refractivity contribution < 1.29 is 23.9 Å². The summed E-state index contributed by atoms with van der Waals surface area (Å²) in [4.78, 5) is 32.1. The molecule has 0 aromatic carbocycles. The Bertz CT molecular complexity index is 728. The molecule has 2 aliphatic carbocycles. The third-order valence-electron chi connectivity index (χ3n) is 4.12. The molecule has 0 amide bonds. The van der Waals surface area contributed by atoms with Crippen molar-refractivity contribution in [1.29, 1.82) is 5.26 Å². The summed E-state index contributed by atoms with van der Waals surface area (Å²) in [6, 6.07) is 1.68. The number of nitrogens with zero attached hydrogens (tertiary/aromatic N) is 1.